The Hall–Kier alpha value is -1.81. The molecule has 0 bridgehead atoms. The molecule has 5 heteroatoms. The fourth-order valence-corrected chi connectivity index (χ4v) is 1.85. The third-order valence-electron chi connectivity index (χ3n) is 2.48. The molecule has 0 N–H and O–H groups in total. The Bertz CT molecular complexity index is 546. The van der Waals surface area contributed by atoms with Crippen LogP contribution in [0.25, 0.3) is 0 Å². The largest absolute Gasteiger partial charge is 0.497 e. The van der Waals surface area contributed by atoms with Gasteiger partial charge in [-0.1, -0.05) is 23.7 Å². The number of ether oxygens (including phenoxy) is 2. The Kier molecular flexibility index (Phi) is 3.99. The SMILES string of the molecule is COc1cccc(Cc2cc(Cl)c(OC)nn2)c1. The molecule has 4 nitrogen and oxygen atoms in total. The minimum absolute atomic E-state index is 0.339. The number of aromatic nitrogens is 2. The van der Waals surface area contributed by atoms with Crippen LogP contribution in [0.15, 0.2) is 30.3 Å². The molecule has 18 heavy (non-hydrogen) atoms. The normalized spacial score (nSPS) is 10.2. The number of methoxy groups -OCH3 is 2. The predicted molar refractivity (Wildman–Crippen MR) is 69.4 cm³/mol. The van der Waals surface area contributed by atoms with E-state index in [9.17, 15) is 0 Å². The zero-order chi connectivity index (χ0) is 13.0. The third kappa shape index (κ3) is 2.90. The number of hydrogen-bond donors (Lipinski definition) is 0. The molecule has 0 spiro atoms. The first-order chi connectivity index (χ1) is 8.72. The van der Waals surface area contributed by atoms with Crippen LogP contribution in [-0.2, 0) is 6.42 Å². The van der Waals surface area contributed by atoms with E-state index in [4.69, 9.17) is 21.1 Å². The van der Waals surface area contributed by atoms with Gasteiger partial charge in [-0.3, -0.25) is 0 Å². The molecule has 2 aromatic rings. The van der Waals surface area contributed by atoms with Crippen LogP contribution in [0.1, 0.15) is 11.3 Å². The number of hydrogen-bond acceptors (Lipinski definition) is 4. The van der Waals surface area contributed by atoms with Crippen molar-refractivity contribution in [2.45, 2.75) is 6.42 Å². The van der Waals surface area contributed by atoms with E-state index >= 15 is 0 Å². The molecule has 2 rings (SSSR count). The molecule has 0 radical (unpaired) electrons. The summed E-state index contributed by atoms with van der Waals surface area (Å²) in [5.74, 6) is 1.16. The number of benzene rings is 1. The van der Waals surface area contributed by atoms with Gasteiger partial charge in [-0.05, 0) is 23.8 Å². The van der Waals surface area contributed by atoms with Crippen molar-refractivity contribution in [3.8, 4) is 11.6 Å². The molecule has 0 aliphatic carbocycles. The molecule has 0 unspecified atom stereocenters. The van der Waals surface area contributed by atoms with E-state index in [1.807, 2.05) is 24.3 Å². The standard InChI is InChI=1S/C13H13ClN2O2/c1-17-11-5-3-4-9(7-11)6-10-8-12(14)13(18-2)16-15-10/h3-5,7-8H,6H2,1-2H3. The first-order valence-electron chi connectivity index (χ1n) is 5.42. The van der Waals surface area contributed by atoms with Gasteiger partial charge >= 0.3 is 0 Å². The van der Waals surface area contributed by atoms with E-state index in [0.717, 1.165) is 17.0 Å². The van der Waals surface area contributed by atoms with Crippen molar-refractivity contribution in [1.29, 1.82) is 0 Å². The molecule has 0 amide bonds. The fraction of sp³-hybridized carbons (Fsp3) is 0.231. The first-order valence-corrected chi connectivity index (χ1v) is 5.79. The van der Waals surface area contributed by atoms with Crippen LogP contribution in [0, 0.1) is 0 Å². The highest BCUT2D eigenvalue weighted by molar-refractivity contribution is 6.31. The second-order valence-electron chi connectivity index (χ2n) is 3.72. The second kappa shape index (κ2) is 5.69. The molecular formula is C13H13ClN2O2. The average molecular weight is 265 g/mol. The van der Waals surface area contributed by atoms with E-state index in [0.29, 0.717) is 17.3 Å². The van der Waals surface area contributed by atoms with Gasteiger partial charge in [0.15, 0.2) is 0 Å². The van der Waals surface area contributed by atoms with E-state index in [2.05, 4.69) is 10.2 Å². The van der Waals surface area contributed by atoms with Crippen molar-refractivity contribution in [1.82, 2.24) is 10.2 Å². The average Bonchev–Trinajstić information content (AvgIpc) is 2.39. The van der Waals surface area contributed by atoms with Crippen molar-refractivity contribution < 1.29 is 9.47 Å². The highest BCUT2D eigenvalue weighted by atomic mass is 35.5. The summed E-state index contributed by atoms with van der Waals surface area (Å²) in [5.41, 5.74) is 1.87. The summed E-state index contributed by atoms with van der Waals surface area (Å²) in [6.45, 7) is 0. The van der Waals surface area contributed by atoms with E-state index < -0.39 is 0 Å². The zero-order valence-corrected chi connectivity index (χ0v) is 10.9. The second-order valence-corrected chi connectivity index (χ2v) is 4.13. The Morgan fingerprint density at radius 3 is 2.61 bits per heavy atom. The minimum Gasteiger partial charge on any atom is -0.497 e. The lowest BCUT2D eigenvalue weighted by atomic mass is 10.1. The summed E-state index contributed by atoms with van der Waals surface area (Å²) in [6.07, 6.45) is 0.647. The monoisotopic (exact) mass is 264 g/mol. The molecule has 0 saturated heterocycles. The number of halogens is 1. The van der Waals surface area contributed by atoms with Crippen molar-refractivity contribution in [2.24, 2.45) is 0 Å². The van der Waals surface area contributed by atoms with Gasteiger partial charge in [-0.25, -0.2) is 0 Å². The van der Waals surface area contributed by atoms with Crippen LogP contribution in [0.5, 0.6) is 11.6 Å². The van der Waals surface area contributed by atoms with Crippen LogP contribution < -0.4 is 9.47 Å². The topological polar surface area (TPSA) is 44.2 Å². The third-order valence-corrected chi connectivity index (χ3v) is 2.75. The zero-order valence-electron chi connectivity index (χ0n) is 10.2. The van der Waals surface area contributed by atoms with Gasteiger partial charge in [0.05, 0.1) is 19.9 Å². The maximum Gasteiger partial charge on any atom is 0.252 e. The first kappa shape index (κ1) is 12.6. The fourth-order valence-electron chi connectivity index (χ4n) is 1.61. The van der Waals surface area contributed by atoms with Gasteiger partial charge in [0, 0.05) is 6.42 Å². The minimum atomic E-state index is 0.339. The van der Waals surface area contributed by atoms with Gasteiger partial charge in [0.1, 0.15) is 10.8 Å². The summed E-state index contributed by atoms with van der Waals surface area (Å²) in [4.78, 5) is 0. The van der Waals surface area contributed by atoms with Gasteiger partial charge in [-0.15, -0.1) is 5.10 Å². The van der Waals surface area contributed by atoms with E-state index in [1.54, 1.807) is 13.2 Å². The molecule has 0 aliphatic heterocycles. The van der Waals surface area contributed by atoms with Crippen LogP contribution in [-0.4, -0.2) is 24.4 Å². The Morgan fingerprint density at radius 2 is 1.94 bits per heavy atom. The lowest BCUT2D eigenvalue weighted by Crippen LogP contribution is -1.98. The summed E-state index contributed by atoms with van der Waals surface area (Å²) in [6, 6.07) is 9.55. The van der Waals surface area contributed by atoms with Crippen LogP contribution in [0.4, 0.5) is 0 Å². The van der Waals surface area contributed by atoms with Gasteiger partial charge in [0.25, 0.3) is 5.88 Å². The molecule has 94 valence electrons. The smallest absolute Gasteiger partial charge is 0.252 e. The van der Waals surface area contributed by atoms with Crippen molar-refractivity contribution >= 4 is 11.6 Å². The maximum absolute atomic E-state index is 6.00. The highest BCUT2D eigenvalue weighted by Crippen LogP contribution is 2.22. The Morgan fingerprint density at radius 1 is 1.11 bits per heavy atom. The maximum atomic E-state index is 6.00. The van der Waals surface area contributed by atoms with E-state index in [-0.39, 0.29) is 0 Å². The van der Waals surface area contributed by atoms with Crippen molar-refractivity contribution in [3.63, 3.8) is 0 Å². The summed E-state index contributed by atoms with van der Waals surface area (Å²) >= 11 is 6.00. The summed E-state index contributed by atoms with van der Waals surface area (Å²) in [7, 11) is 3.15. The summed E-state index contributed by atoms with van der Waals surface area (Å²) < 4.78 is 10.1. The number of rotatable bonds is 4. The highest BCUT2D eigenvalue weighted by Gasteiger charge is 2.06. The Balaban J connectivity index is 2.20. The Labute approximate surface area is 111 Å². The summed E-state index contributed by atoms with van der Waals surface area (Å²) in [5, 5.41) is 8.42. The molecule has 0 atom stereocenters. The van der Waals surface area contributed by atoms with Gasteiger partial charge in [-0.2, -0.15) is 5.10 Å². The molecule has 1 aromatic carbocycles. The van der Waals surface area contributed by atoms with Crippen molar-refractivity contribution in [3.05, 3.63) is 46.6 Å². The lowest BCUT2D eigenvalue weighted by Gasteiger charge is -2.05. The predicted octanol–water partition coefficient (Wildman–Crippen LogP) is 2.74. The van der Waals surface area contributed by atoms with Gasteiger partial charge in [0.2, 0.25) is 0 Å². The molecule has 1 heterocycles. The molecule has 0 saturated carbocycles. The molecular weight excluding hydrogens is 252 g/mol. The van der Waals surface area contributed by atoms with Crippen LogP contribution >= 0.6 is 11.6 Å². The molecule has 1 aromatic heterocycles. The van der Waals surface area contributed by atoms with E-state index in [1.165, 1.54) is 7.11 Å². The van der Waals surface area contributed by atoms with Crippen LogP contribution in [0.2, 0.25) is 5.02 Å². The molecule has 0 fully saturated rings. The van der Waals surface area contributed by atoms with Crippen molar-refractivity contribution in [2.75, 3.05) is 14.2 Å². The lowest BCUT2D eigenvalue weighted by molar-refractivity contribution is 0.391. The number of nitrogens with zero attached hydrogens (tertiary/aromatic N) is 2. The molecule has 0 aliphatic rings. The van der Waals surface area contributed by atoms with Gasteiger partial charge < -0.3 is 9.47 Å². The quantitative estimate of drug-likeness (QED) is 0.852. The van der Waals surface area contributed by atoms with Crippen LogP contribution in [0.3, 0.4) is 0 Å².